The van der Waals surface area contributed by atoms with Gasteiger partial charge in [0.25, 0.3) is 0 Å². The molecule has 0 fully saturated rings. The molecule has 0 aliphatic rings. The molecule has 0 aliphatic carbocycles. The monoisotopic (exact) mass is 281 g/mol. The van der Waals surface area contributed by atoms with E-state index in [0.29, 0.717) is 0 Å². The number of fused-ring (bicyclic) bond motifs is 1. The second kappa shape index (κ2) is 6.12. The topological polar surface area (TPSA) is 45.4 Å². The Morgan fingerprint density at radius 1 is 1.05 bits per heavy atom. The number of aliphatic hydroxyl groups is 1. The van der Waals surface area contributed by atoms with Gasteiger partial charge in [0.1, 0.15) is 11.3 Å². The van der Waals surface area contributed by atoms with Crippen LogP contribution in [0.15, 0.2) is 59.0 Å². The van der Waals surface area contributed by atoms with Crippen LogP contribution in [0.4, 0.5) is 0 Å². The van der Waals surface area contributed by atoms with E-state index in [1.54, 1.807) is 0 Å². The zero-order valence-electron chi connectivity index (χ0n) is 12.0. The van der Waals surface area contributed by atoms with Crippen molar-refractivity contribution in [3.63, 3.8) is 0 Å². The predicted molar refractivity (Wildman–Crippen MR) is 83.8 cm³/mol. The summed E-state index contributed by atoms with van der Waals surface area (Å²) >= 11 is 0. The van der Waals surface area contributed by atoms with Gasteiger partial charge in [-0.15, -0.1) is 0 Å². The van der Waals surface area contributed by atoms with E-state index in [1.807, 2.05) is 36.4 Å². The molecule has 3 heteroatoms. The number of hydrogen-bond donors (Lipinski definition) is 2. The van der Waals surface area contributed by atoms with Crippen molar-refractivity contribution >= 4 is 11.0 Å². The van der Waals surface area contributed by atoms with Gasteiger partial charge < -0.3 is 14.8 Å². The molecule has 1 unspecified atom stereocenters. The molecule has 0 aliphatic heterocycles. The lowest BCUT2D eigenvalue weighted by Crippen LogP contribution is -2.17. The lowest BCUT2D eigenvalue weighted by atomic mass is 10.1. The molecule has 0 saturated heterocycles. The van der Waals surface area contributed by atoms with E-state index in [2.05, 4.69) is 30.4 Å². The molecule has 0 radical (unpaired) electrons. The quantitative estimate of drug-likeness (QED) is 0.748. The highest BCUT2D eigenvalue weighted by Gasteiger charge is 2.10. The molecule has 3 rings (SSSR count). The first-order chi connectivity index (χ1) is 10.3. The van der Waals surface area contributed by atoms with Crippen LogP contribution in [0.3, 0.4) is 0 Å². The zero-order chi connectivity index (χ0) is 14.7. The predicted octanol–water partition coefficient (Wildman–Crippen LogP) is 3.78. The summed E-state index contributed by atoms with van der Waals surface area (Å²) < 4.78 is 5.86. The number of para-hydroxylation sites is 1. The van der Waals surface area contributed by atoms with E-state index in [9.17, 15) is 0 Å². The van der Waals surface area contributed by atoms with Crippen molar-refractivity contribution in [1.29, 1.82) is 0 Å². The maximum atomic E-state index is 9.16. The van der Waals surface area contributed by atoms with Crippen LogP contribution in [0.2, 0.25) is 0 Å². The van der Waals surface area contributed by atoms with Crippen molar-refractivity contribution in [3.05, 3.63) is 71.5 Å². The number of rotatable bonds is 5. The smallest absolute Gasteiger partial charge is 0.134 e. The summed E-state index contributed by atoms with van der Waals surface area (Å²) in [4.78, 5) is 0. The molecule has 2 N–H and O–H groups in total. The van der Waals surface area contributed by atoms with Gasteiger partial charge >= 0.3 is 0 Å². The molecule has 0 saturated carbocycles. The minimum absolute atomic E-state index is 0.0764. The fourth-order valence-corrected chi connectivity index (χ4v) is 2.43. The van der Waals surface area contributed by atoms with Gasteiger partial charge in [-0.05, 0) is 30.2 Å². The maximum Gasteiger partial charge on any atom is 0.134 e. The first-order valence-corrected chi connectivity index (χ1v) is 7.17. The van der Waals surface area contributed by atoms with Crippen molar-refractivity contribution in [3.8, 4) is 0 Å². The van der Waals surface area contributed by atoms with Crippen LogP contribution in [-0.4, -0.2) is 5.11 Å². The molecule has 2 aromatic carbocycles. The number of benzene rings is 2. The number of nitrogens with one attached hydrogen (secondary N) is 1. The summed E-state index contributed by atoms with van der Waals surface area (Å²) in [5, 5.41) is 13.7. The largest absolute Gasteiger partial charge is 0.459 e. The molecule has 0 spiro atoms. The molecular weight excluding hydrogens is 262 g/mol. The van der Waals surface area contributed by atoms with Crippen molar-refractivity contribution in [2.45, 2.75) is 26.1 Å². The second-order valence-electron chi connectivity index (χ2n) is 5.27. The molecule has 0 amide bonds. The van der Waals surface area contributed by atoms with E-state index >= 15 is 0 Å². The Morgan fingerprint density at radius 3 is 2.67 bits per heavy atom. The van der Waals surface area contributed by atoms with Crippen molar-refractivity contribution in [1.82, 2.24) is 5.32 Å². The van der Waals surface area contributed by atoms with Crippen molar-refractivity contribution < 1.29 is 9.52 Å². The second-order valence-corrected chi connectivity index (χ2v) is 5.27. The lowest BCUT2D eigenvalue weighted by Gasteiger charge is -2.11. The lowest BCUT2D eigenvalue weighted by molar-refractivity contribution is 0.281. The number of furan rings is 1. The summed E-state index contributed by atoms with van der Waals surface area (Å²) in [5.41, 5.74) is 3.01. The molecule has 1 atom stereocenters. The molecule has 3 aromatic rings. The Bertz CT molecular complexity index is 700. The van der Waals surface area contributed by atoms with Crippen LogP contribution < -0.4 is 5.32 Å². The van der Waals surface area contributed by atoms with E-state index < -0.39 is 0 Å². The molecule has 108 valence electrons. The highest BCUT2D eigenvalue weighted by atomic mass is 16.3. The van der Waals surface area contributed by atoms with Crippen molar-refractivity contribution in [2.24, 2.45) is 0 Å². The summed E-state index contributed by atoms with van der Waals surface area (Å²) in [6.07, 6.45) is 0. The van der Waals surface area contributed by atoms with Crippen LogP contribution in [0.1, 0.15) is 29.9 Å². The summed E-state index contributed by atoms with van der Waals surface area (Å²) in [7, 11) is 0. The Kier molecular flexibility index (Phi) is 4.04. The Morgan fingerprint density at radius 2 is 1.86 bits per heavy atom. The van der Waals surface area contributed by atoms with Gasteiger partial charge in [0.2, 0.25) is 0 Å². The highest BCUT2D eigenvalue weighted by molar-refractivity contribution is 5.77. The van der Waals surface area contributed by atoms with Crippen LogP contribution in [-0.2, 0) is 13.2 Å². The number of aliphatic hydroxyl groups excluding tert-OH is 1. The van der Waals surface area contributed by atoms with E-state index in [1.165, 1.54) is 0 Å². The molecule has 21 heavy (non-hydrogen) atoms. The first kappa shape index (κ1) is 13.9. The third-order valence-electron chi connectivity index (χ3n) is 3.66. The molecule has 1 aromatic heterocycles. The van der Waals surface area contributed by atoms with Crippen LogP contribution >= 0.6 is 0 Å². The van der Waals surface area contributed by atoms with Gasteiger partial charge in [-0.3, -0.25) is 0 Å². The van der Waals surface area contributed by atoms with Gasteiger partial charge in [-0.2, -0.15) is 0 Å². The molecular formula is C18H19NO2. The van der Waals surface area contributed by atoms with Gasteiger partial charge in [0, 0.05) is 11.9 Å². The van der Waals surface area contributed by atoms with Gasteiger partial charge in [0.05, 0.1) is 12.6 Å². The van der Waals surface area contributed by atoms with E-state index in [4.69, 9.17) is 9.52 Å². The Balaban J connectivity index is 1.69. The molecule has 0 bridgehead atoms. The minimum Gasteiger partial charge on any atom is -0.459 e. The van der Waals surface area contributed by atoms with Crippen LogP contribution in [0.25, 0.3) is 11.0 Å². The average molecular weight is 281 g/mol. The minimum atomic E-state index is 0.0764. The first-order valence-electron chi connectivity index (χ1n) is 7.17. The zero-order valence-corrected chi connectivity index (χ0v) is 12.0. The third kappa shape index (κ3) is 3.15. The SMILES string of the molecule is CC(NCc1cccc(CO)c1)c1cc2ccccc2o1. The summed E-state index contributed by atoms with van der Waals surface area (Å²) in [6.45, 7) is 2.91. The van der Waals surface area contributed by atoms with Crippen LogP contribution in [0, 0.1) is 0 Å². The standard InChI is InChI=1S/C18H19NO2/c1-13(18-10-16-7-2-3-8-17(16)21-18)19-11-14-5-4-6-15(9-14)12-20/h2-10,13,19-20H,11-12H2,1H3. The Labute approximate surface area is 124 Å². The fraction of sp³-hybridized carbons (Fsp3) is 0.222. The Hall–Kier alpha value is -2.10. The van der Waals surface area contributed by atoms with Gasteiger partial charge in [0.15, 0.2) is 0 Å². The molecule has 1 heterocycles. The van der Waals surface area contributed by atoms with E-state index in [-0.39, 0.29) is 12.6 Å². The van der Waals surface area contributed by atoms with Crippen molar-refractivity contribution in [2.75, 3.05) is 0 Å². The van der Waals surface area contributed by atoms with Gasteiger partial charge in [-0.1, -0.05) is 42.5 Å². The maximum absolute atomic E-state index is 9.16. The summed E-state index contributed by atoms with van der Waals surface area (Å²) in [5.74, 6) is 0.939. The third-order valence-corrected chi connectivity index (χ3v) is 3.66. The molecule has 3 nitrogen and oxygen atoms in total. The average Bonchev–Trinajstić information content (AvgIpc) is 2.97. The van der Waals surface area contributed by atoms with Crippen LogP contribution in [0.5, 0.6) is 0 Å². The number of hydrogen-bond acceptors (Lipinski definition) is 3. The van der Waals surface area contributed by atoms with Gasteiger partial charge in [-0.25, -0.2) is 0 Å². The summed E-state index contributed by atoms with van der Waals surface area (Å²) in [6, 6.07) is 18.2. The normalized spacial score (nSPS) is 12.7. The highest BCUT2D eigenvalue weighted by Crippen LogP contribution is 2.23. The fourth-order valence-electron chi connectivity index (χ4n) is 2.43. The van der Waals surface area contributed by atoms with E-state index in [0.717, 1.165) is 34.4 Å².